The molecule has 0 saturated carbocycles. The highest BCUT2D eigenvalue weighted by atomic mass is 32.2. The Morgan fingerprint density at radius 1 is 0.902 bits per heavy atom. The number of hydrogen-bond donors (Lipinski definition) is 3. The first kappa shape index (κ1) is 29.1. The third kappa shape index (κ3) is 6.73. The fourth-order valence-electron chi connectivity index (χ4n) is 5.17. The van der Waals surface area contributed by atoms with Crippen LogP contribution in [-0.2, 0) is 23.8 Å². The molecule has 4 nitrogen and oxygen atoms in total. The molecular formula is C30H26F6N2O2S. The molecule has 0 aromatic heterocycles. The number of rotatable bonds is 3. The number of hydrogen-bond acceptors (Lipinski definition) is 4. The second kappa shape index (κ2) is 11.4. The van der Waals surface area contributed by atoms with Gasteiger partial charge >= 0.3 is 18.3 Å². The predicted octanol–water partition coefficient (Wildman–Crippen LogP) is 7.65. The third-order valence-electron chi connectivity index (χ3n) is 7.27. The summed E-state index contributed by atoms with van der Waals surface area (Å²) in [7, 11) is 0. The molecule has 0 spiro atoms. The van der Waals surface area contributed by atoms with Crippen LogP contribution in [0.15, 0.2) is 64.4 Å². The lowest BCUT2D eigenvalue weighted by Crippen LogP contribution is -2.35. The highest BCUT2D eigenvalue weighted by Gasteiger charge is 2.38. The molecule has 0 atom stereocenters. The van der Waals surface area contributed by atoms with Crippen molar-refractivity contribution in [3.8, 4) is 0 Å². The van der Waals surface area contributed by atoms with Crippen molar-refractivity contribution in [2.24, 2.45) is 0 Å². The van der Waals surface area contributed by atoms with E-state index in [-0.39, 0.29) is 6.04 Å². The molecule has 2 heterocycles. The summed E-state index contributed by atoms with van der Waals surface area (Å²) in [5.41, 5.74) is 7.17. The maximum absolute atomic E-state index is 13.8. The number of halogens is 6. The Bertz CT molecular complexity index is 1490. The second-order valence-electron chi connectivity index (χ2n) is 10.1. The summed E-state index contributed by atoms with van der Waals surface area (Å²) < 4.78 is 73.0. The number of piperidine rings is 1. The van der Waals surface area contributed by atoms with Crippen LogP contribution in [0.4, 0.5) is 32.0 Å². The van der Waals surface area contributed by atoms with Crippen molar-refractivity contribution in [1.29, 1.82) is 0 Å². The van der Waals surface area contributed by atoms with Gasteiger partial charge in [0.05, 0.1) is 5.56 Å². The van der Waals surface area contributed by atoms with E-state index in [4.69, 9.17) is 9.90 Å². The lowest BCUT2D eigenvalue weighted by atomic mass is 9.96. The van der Waals surface area contributed by atoms with Crippen molar-refractivity contribution in [3.05, 3.63) is 88.0 Å². The lowest BCUT2D eigenvalue weighted by Gasteiger charge is -2.29. The Morgan fingerprint density at radius 2 is 1.61 bits per heavy atom. The van der Waals surface area contributed by atoms with Gasteiger partial charge in [-0.25, -0.2) is 4.79 Å². The number of fused-ring (bicyclic) bond motifs is 3. The van der Waals surface area contributed by atoms with E-state index >= 15 is 0 Å². The molecule has 1 aliphatic carbocycles. The normalized spacial score (nSPS) is 16.5. The van der Waals surface area contributed by atoms with Gasteiger partial charge < -0.3 is 15.7 Å². The molecule has 3 aliphatic rings. The number of nitrogens with one attached hydrogen (secondary N) is 2. The molecule has 11 heteroatoms. The predicted molar refractivity (Wildman–Crippen MR) is 146 cm³/mol. The van der Waals surface area contributed by atoms with Gasteiger partial charge in [0, 0.05) is 27.9 Å². The average Bonchev–Trinajstić information content (AvgIpc) is 3.36. The summed E-state index contributed by atoms with van der Waals surface area (Å²) in [4.78, 5) is 10.7. The SMILES string of the molecule is FC(F)(F)c1cc(NC2CCNCC2)c2c(c1)Sc1cc(C3=Cc4ccccc4C3)ccc1C2.O=C(O)C(F)(F)F. The standard InChI is InChI=1S/C28H25F3N2S.C2HF3O2/c29-28(30,31)22-15-25(33-23-7-9-32-10-8-23)24-13-20-6-5-19(14-26(20)34-27(24)16-22)21-11-17-3-1-2-4-18(17)12-21;3-2(4,5)1(6)7/h1-6,11,14-16,23,32-33H,7-10,12-13H2;(H,6,7). The zero-order valence-electron chi connectivity index (χ0n) is 21.6. The number of carboxylic acids is 1. The van der Waals surface area contributed by atoms with Gasteiger partial charge in [-0.3, -0.25) is 0 Å². The summed E-state index contributed by atoms with van der Waals surface area (Å²) in [6.45, 7) is 1.78. The first-order chi connectivity index (χ1) is 19.4. The minimum Gasteiger partial charge on any atom is -0.475 e. The van der Waals surface area contributed by atoms with Crippen LogP contribution < -0.4 is 10.6 Å². The van der Waals surface area contributed by atoms with Gasteiger partial charge in [-0.2, -0.15) is 26.3 Å². The minimum atomic E-state index is -5.08. The Hall–Kier alpha value is -3.44. The molecule has 2 aliphatic heterocycles. The number of benzene rings is 3. The molecule has 0 amide bonds. The van der Waals surface area contributed by atoms with Gasteiger partial charge in [0.2, 0.25) is 0 Å². The fraction of sp³-hybridized carbons (Fsp3) is 0.300. The van der Waals surface area contributed by atoms with E-state index in [1.54, 1.807) is 0 Å². The van der Waals surface area contributed by atoms with E-state index < -0.39 is 23.9 Å². The summed E-state index contributed by atoms with van der Waals surface area (Å²) in [6.07, 6.45) is -3.88. The van der Waals surface area contributed by atoms with Crippen molar-refractivity contribution < 1.29 is 36.2 Å². The van der Waals surface area contributed by atoms with Crippen molar-refractivity contribution >= 4 is 35.1 Å². The second-order valence-corrected chi connectivity index (χ2v) is 11.2. The van der Waals surface area contributed by atoms with Gasteiger partial charge in [-0.15, -0.1) is 0 Å². The molecule has 41 heavy (non-hydrogen) atoms. The highest BCUT2D eigenvalue weighted by molar-refractivity contribution is 7.99. The third-order valence-corrected chi connectivity index (χ3v) is 8.45. The monoisotopic (exact) mass is 592 g/mol. The van der Waals surface area contributed by atoms with Gasteiger partial charge in [-0.1, -0.05) is 54.2 Å². The number of alkyl halides is 6. The number of allylic oxidation sites excluding steroid dienone is 1. The van der Waals surface area contributed by atoms with Crippen LogP contribution in [0.5, 0.6) is 0 Å². The highest BCUT2D eigenvalue weighted by Crippen LogP contribution is 2.47. The molecule has 1 saturated heterocycles. The van der Waals surface area contributed by atoms with Crippen molar-refractivity contribution in [2.75, 3.05) is 18.4 Å². The Kier molecular flexibility index (Phi) is 8.11. The maximum Gasteiger partial charge on any atom is 0.490 e. The van der Waals surface area contributed by atoms with E-state index in [0.717, 1.165) is 48.4 Å². The van der Waals surface area contributed by atoms with Crippen LogP contribution >= 0.6 is 11.8 Å². The van der Waals surface area contributed by atoms with E-state index in [9.17, 15) is 26.3 Å². The van der Waals surface area contributed by atoms with Crippen LogP contribution in [0.2, 0.25) is 0 Å². The minimum absolute atomic E-state index is 0.193. The molecule has 3 aromatic rings. The van der Waals surface area contributed by atoms with Crippen LogP contribution in [0.1, 0.15) is 46.2 Å². The largest absolute Gasteiger partial charge is 0.490 e. The quantitative estimate of drug-likeness (QED) is 0.213. The smallest absolute Gasteiger partial charge is 0.475 e. The van der Waals surface area contributed by atoms with Crippen molar-refractivity contribution in [2.45, 2.75) is 53.9 Å². The van der Waals surface area contributed by atoms with Crippen molar-refractivity contribution in [1.82, 2.24) is 5.32 Å². The summed E-state index contributed by atoms with van der Waals surface area (Å²) in [5.74, 6) is -2.76. The van der Waals surface area contributed by atoms with Gasteiger partial charge in [-0.05, 0) is 83.9 Å². The van der Waals surface area contributed by atoms with Gasteiger partial charge in [0.1, 0.15) is 0 Å². The van der Waals surface area contributed by atoms with E-state index in [2.05, 4.69) is 53.1 Å². The fourth-order valence-corrected chi connectivity index (χ4v) is 6.35. The Balaban J connectivity index is 0.000000431. The molecule has 3 N–H and O–H groups in total. The summed E-state index contributed by atoms with van der Waals surface area (Å²) in [6, 6.07) is 17.7. The number of aliphatic carboxylic acids is 1. The number of carboxylic acid groups (broad SMARTS) is 1. The van der Waals surface area contributed by atoms with Gasteiger partial charge in [0.15, 0.2) is 0 Å². The first-order valence-corrected chi connectivity index (χ1v) is 13.8. The average molecular weight is 593 g/mol. The van der Waals surface area contributed by atoms with Crippen LogP contribution in [0.3, 0.4) is 0 Å². The molecule has 1 fully saturated rings. The molecule has 216 valence electrons. The molecular weight excluding hydrogens is 566 g/mol. The first-order valence-electron chi connectivity index (χ1n) is 13.0. The number of carbonyl (C=O) groups is 1. The zero-order chi connectivity index (χ0) is 29.4. The molecule has 3 aromatic carbocycles. The molecule has 6 rings (SSSR count). The van der Waals surface area contributed by atoms with Crippen LogP contribution in [0, 0.1) is 0 Å². The molecule has 0 bridgehead atoms. The Morgan fingerprint density at radius 3 is 2.27 bits per heavy atom. The zero-order valence-corrected chi connectivity index (χ0v) is 22.4. The van der Waals surface area contributed by atoms with E-state index in [1.807, 2.05) is 6.07 Å². The maximum atomic E-state index is 13.8. The van der Waals surface area contributed by atoms with E-state index in [0.29, 0.717) is 17.0 Å². The molecule has 0 radical (unpaired) electrons. The van der Waals surface area contributed by atoms with E-state index in [1.165, 1.54) is 46.2 Å². The van der Waals surface area contributed by atoms with Crippen molar-refractivity contribution in [3.63, 3.8) is 0 Å². The van der Waals surface area contributed by atoms with Crippen LogP contribution in [0.25, 0.3) is 11.6 Å². The van der Waals surface area contributed by atoms with Gasteiger partial charge in [0.25, 0.3) is 0 Å². The molecule has 0 unspecified atom stereocenters. The lowest BCUT2D eigenvalue weighted by molar-refractivity contribution is -0.192. The van der Waals surface area contributed by atoms with Crippen LogP contribution in [-0.4, -0.2) is 36.4 Å². The summed E-state index contributed by atoms with van der Waals surface area (Å²) >= 11 is 1.47. The summed E-state index contributed by atoms with van der Waals surface area (Å²) in [5, 5.41) is 13.9. The number of anilines is 1. The Labute approximate surface area is 236 Å². The topological polar surface area (TPSA) is 61.4 Å².